The Labute approximate surface area is 273 Å². The zero-order valence-electron chi connectivity index (χ0n) is 25.2. The van der Waals surface area contributed by atoms with Crippen molar-refractivity contribution in [2.45, 2.75) is 44.8 Å². The van der Waals surface area contributed by atoms with E-state index in [9.17, 15) is 9.59 Å². The summed E-state index contributed by atoms with van der Waals surface area (Å²) in [6, 6.07) is 16.2. The topological polar surface area (TPSA) is 98.4 Å². The molecule has 2 atom stereocenters. The van der Waals surface area contributed by atoms with Crippen molar-refractivity contribution in [3.05, 3.63) is 81.3 Å². The van der Waals surface area contributed by atoms with Crippen LogP contribution in [0.25, 0.3) is 0 Å². The monoisotopic (exact) mass is 653 g/mol. The van der Waals surface area contributed by atoms with Crippen molar-refractivity contribution in [2.24, 2.45) is 5.92 Å². The Balaban J connectivity index is 1.04. The molecule has 0 aromatic heterocycles. The fourth-order valence-corrected chi connectivity index (χ4v) is 6.51. The zero-order chi connectivity index (χ0) is 31.3. The first-order chi connectivity index (χ1) is 21.9. The van der Waals surface area contributed by atoms with Crippen LogP contribution in [0.4, 0.5) is 0 Å². The summed E-state index contributed by atoms with van der Waals surface area (Å²) in [4.78, 5) is 29.3. The van der Waals surface area contributed by atoms with Gasteiger partial charge in [0.15, 0.2) is 17.2 Å². The van der Waals surface area contributed by atoms with Crippen LogP contribution in [0.2, 0.25) is 10.0 Å². The molecule has 2 aliphatic heterocycles. The third kappa shape index (κ3) is 7.60. The first kappa shape index (κ1) is 31.3. The van der Waals surface area contributed by atoms with Crippen molar-refractivity contribution in [1.29, 1.82) is 0 Å². The maximum Gasteiger partial charge on any atom is 0.251 e. The predicted octanol–water partition coefficient (Wildman–Crippen LogP) is 5.43. The van der Waals surface area contributed by atoms with E-state index < -0.39 is 0 Å². The number of benzene rings is 3. The second kappa shape index (κ2) is 14.2. The van der Waals surface area contributed by atoms with Gasteiger partial charge < -0.3 is 34.5 Å². The van der Waals surface area contributed by atoms with Crippen LogP contribution in [0, 0.1) is 12.8 Å². The Morgan fingerprint density at radius 2 is 1.71 bits per heavy atom. The van der Waals surface area contributed by atoms with E-state index in [-0.39, 0.29) is 43.0 Å². The Morgan fingerprint density at radius 3 is 2.47 bits per heavy atom. The number of carbonyl (C=O) groups excluding carboxylic acids is 2. The van der Waals surface area contributed by atoms with Gasteiger partial charge in [-0.05, 0) is 80.8 Å². The molecule has 3 aliphatic rings. The molecular weight excluding hydrogens is 617 g/mol. The number of nitrogens with zero attached hydrogens (tertiary/aromatic N) is 1. The van der Waals surface area contributed by atoms with Gasteiger partial charge in [0, 0.05) is 36.3 Å². The predicted molar refractivity (Wildman–Crippen MR) is 172 cm³/mol. The first-order valence-electron chi connectivity index (χ1n) is 15.4. The van der Waals surface area contributed by atoms with Gasteiger partial charge >= 0.3 is 0 Å². The summed E-state index contributed by atoms with van der Waals surface area (Å²) in [5.74, 6) is 1.91. The molecule has 0 radical (unpaired) electrons. The number of halogens is 2. The van der Waals surface area contributed by atoms with Crippen LogP contribution in [-0.4, -0.2) is 68.3 Å². The third-order valence-corrected chi connectivity index (χ3v) is 8.79. The van der Waals surface area contributed by atoms with Crippen LogP contribution in [0.15, 0.2) is 54.6 Å². The summed E-state index contributed by atoms with van der Waals surface area (Å²) in [5.41, 5.74) is 2.38. The highest BCUT2D eigenvalue weighted by molar-refractivity contribution is 6.37. The lowest BCUT2D eigenvalue weighted by Gasteiger charge is -2.36. The Bertz CT molecular complexity index is 1510. The normalized spacial score (nSPS) is 19.0. The van der Waals surface area contributed by atoms with Gasteiger partial charge in [-0.1, -0.05) is 35.3 Å². The molecule has 2 amide bonds. The van der Waals surface area contributed by atoms with Gasteiger partial charge in [-0.15, -0.1) is 0 Å². The van der Waals surface area contributed by atoms with Crippen molar-refractivity contribution in [1.82, 2.24) is 15.5 Å². The molecule has 2 fully saturated rings. The molecule has 9 nitrogen and oxygen atoms in total. The van der Waals surface area contributed by atoms with E-state index >= 15 is 0 Å². The molecule has 2 N–H and O–H groups in total. The van der Waals surface area contributed by atoms with Crippen LogP contribution in [-0.2, 0) is 11.3 Å². The van der Waals surface area contributed by atoms with Gasteiger partial charge in [-0.2, -0.15) is 0 Å². The Kier molecular flexibility index (Phi) is 9.88. The number of hydrogen-bond donors (Lipinski definition) is 2. The first-order valence-corrected chi connectivity index (χ1v) is 16.1. The van der Waals surface area contributed by atoms with Gasteiger partial charge in [0.2, 0.25) is 5.91 Å². The van der Waals surface area contributed by atoms with Crippen LogP contribution < -0.4 is 29.6 Å². The van der Waals surface area contributed by atoms with E-state index in [1.165, 1.54) is 0 Å². The minimum atomic E-state index is -0.377. The SMILES string of the molecule is Cc1cc(Cl)c(OCCOc2ccc(C(=O)NC3CCNCC3C(=O)N(Cc3cccc4c3OCCO4)C3CC3)cc2)c(Cl)c1. The van der Waals surface area contributed by atoms with Crippen LogP contribution >= 0.6 is 23.2 Å². The number of amides is 2. The molecule has 1 aliphatic carbocycles. The van der Waals surface area contributed by atoms with Gasteiger partial charge in [-0.25, -0.2) is 0 Å². The molecule has 1 saturated heterocycles. The van der Waals surface area contributed by atoms with Crippen LogP contribution in [0.3, 0.4) is 0 Å². The van der Waals surface area contributed by atoms with E-state index in [1.54, 1.807) is 36.4 Å². The number of piperidine rings is 1. The molecule has 3 aromatic carbocycles. The molecule has 2 unspecified atom stereocenters. The van der Waals surface area contributed by atoms with Crippen molar-refractivity contribution >= 4 is 35.0 Å². The van der Waals surface area contributed by atoms with Gasteiger partial charge in [0.25, 0.3) is 5.91 Å². The molecule has 3 aromatic rings. The number of nitrogens with one attached hydrogen (secondary N) is 2. The number of aryl methyl sites for hydroxylation is 1. The van der Waals surface area contributed by atoms with Gasteiger partial charge in [0.05, 0.1) is 16.0 Å². The lowest BCUT2D eigenvalue weighted by Crippen LogP contribution is -2.55. The second-order valence-electron chi connectivity index (χ2n) is 11.6. The summed E-state index contributed by atoms with van der Waals surface area (Å²) >= 11 is 12.5. The fraction of sp³-hybridized carbons (Fsp3) is 0.412. The molecule has 11 heteroatoms. The van der Waals surface area contributed by atoms with Crippen molar-refractivity contribution in [3.8, 4) is 23.0 Å². The van der Waals surface area contributed by atoms with Crippen molar-refractivity contribution in [2.75, 3.05) is 39.5 Å². The minimum Gasteiger partial charge on any atom is -0.490 e. The molecule has 45 heavy (non-hydrogen) atoms. The molecule has 0 spiro atoms. The van der Waals surface area contributed by atoms with E-state index in [2.05, 4.69) is 10.6 Å². The summed E-state index contributed by atoms with van der Waals surface area (Å²) in [6.45, 7) is 5.12. The number of rotatable bonds is 11. The van der Waals surface area contributed by atoms with E-state index in [0.717, 1.165) is 30.5 Å². The average molecular weight is 655 g/mol. The molecule has 0 bridgehead atoms. The molecule has 238 valence electrons. The van der Waals surface area contributed by atoms with Crippen LogP contribution in [0.1, 0.15) is 40.7 Å². The number of hydrogen-bond acceptors (Lipinski definition) is 7. The maximum absolute atomic E-state index is 14.0. The number of ether oxygens (including phenoxy) is 4. The quantitative estimate of drug-likeness (QED) is 0.266. The highest BCUT2D eigenvalue weighted by Gasteiger charge is 2.40. The van der Waals surface area contributed by atoms with E-state index in [0.29, 0.717) is 71.3 Å². The van der Waals surface area contributed by atoms with E-state index in [1.807, 2.05) is 30.0 Å². The Hall–Kier alpha value is -3.66. The largest absolute Gasteiger partial charge is 0.490 e. The number of para-hydroxylation sites is 1. The fourth-order valence-electron chi connectivity index (χ4n) is 5.80. The summed E-state index contributed by atoms with van der Waals surface area (Å²) in [5, 5.41) is 7.40. The van der Waals surface area contributed by atoms with Crippen molar-refractivity contribution < 1.29 is 28.5 Å². The maximum atomic E-state index is 14.0. The smallest absolute Gasteiger partial charge is 0.251 e. The summed E-state index contributed by atoms with van der Waals surface area (Å²) < 4.78 is 23.2. The highest BCUT2D eigenvalue weighted by atomic mass is 35.5. The molecule has 2 heterocycles. The minimum absolute atomic E-state index is 0.0449. The van der Waals surface area contributed by atoms with Gasteiger partial charge in [0.1, 0.15) is 32.2 Å². The average Bonchev–Trinajstić information content (AvgIpc) is 3.89. The lowest BCUT2D eigenvalue weighted by atomic mass is 9.91. The number of fused-ring (bicyclic) bond motifs is 1. The van der Waals surface area contributed by atoms with Gasteiger partial charge in [-0.3, -0.25) is 9.59 Å². The molecule has 6 rings (SSSR count). The Morgan fingerprint density at radius 1 is 0.978 bits per heavy atom. The highest BCUT2D eigenvalue weighted by Crippen LogP contribution is 2.38. The standard InChI is InChI=1S/C34H37Cl2N3O6/c1-21-17-27(35)32(28(36)18-21)45-15-13-42-25-9-5-22(6-10-25)33(40)38-29-11-12-37-19-26(29)34(41)39(24-7-8-24)20-23-3-2-4-30-31(23)44-16-14-43-30/h2-6,9-10,17-18,24,26,29,37H,7-8,11-16,19-20H2,1H3,(H,38,40). The number of carbonyl (C=O) groups is 2. The molecule has 1 saturated carbocycles. The van der Waals surface area contributed by atoms with Crippen LogP contribution in [0.5, 0.6) is 23.0 Å². The van der Waals surface area contributed by atoms with E-state index in [4.69, 9.17) is 42.1 Å². The molecular formula is C34H37Cl2N3O6. The van der Waals surface area contributed by atoms with Crippen molar-refractivity contribution in [3.63, 3.8) is 0 Å². The third-order valence-electron chi connectivity index (χ3n) is 8.23. The second-order valence-corrected chi connectivity index (χ2v) is 12.4. The zero-order valence-corrected chi connectivity index (χ0v) is 26.7. The summed E-state index contributed by atoms with van der Waals surface area (Å²) in [6.07, 6.45) is 2.61. The summed E-state index contributed by atoms with van der Waals surface area (Å²) in [7, 11) is 0. The lowest BCUT2D eigenvalue weighted by molar-refractivity contribution is -0.138.